The van der Waals surface area contributed by atoms with Gasteiger partial charge in [0.2, 0.25) is 0 Å². The lowest BCUT2D eigenvalue weighted by Crippen LogP contribution is -2.33. The van der Waals surface area contributed by atoms with Gasteiger partial charge in [0.1, 0.15) is 11.4 Å². The molecule has 1 aromatic carbocycles. The third-order valence-corrected chi connectivity index (χ3v) is 5.20. The molecule has 2 rings (SSSR count). The highest BCUT2D eigenvalue weighted by atomic mass is 32.2. The minimum absolute atomic E-state index is 0.348. The second-order valence-electron chi connectivity index (χ2n) is 7.67. The van der Waals surface area contributed by atoms with E-state index in [1.165, 1.54) is 24.3 Å². The summed E-state index contributed by atoms with van der Waals surface area (Å²) in [6.45, 7) is 6.54. The number of rotatable bonds is 7. The third kappa shape index (κ3) is 7.87. The minimum Gasteiger partial charge on any atom is -0.493 e. The fraction of sp³-hybridized carbons (Fsp3) is 0.650. The van der Waals surface area contributed by atoms with Crippen LogP contribution in [-0.2, 0) is 4.74 Å². The summed E-state index contributed by atoms with van der Waals surface area (Å²) >= 11 is 2.01. The monoisotopic (exact) mass is 381 g/mol. The average molecular weight is 382 g/mol. The van der Waals surface area contributed by atoms with Crippen LogP contribution < -0.4 is 10.1 Å². The normalized spacial score (nSPS) is 16.8. The number of hydrogen-bond acceptors (Lipinski definition) is 5. The number of thioether (sulfide) groups is 1. The Morgan fingerprint density at radius 1 is 1.35 bits per heavy atom. The van der Waals surface area contributed by atoms with Crippen molar-refractivity contribution in [3.8, 4) is 5.75 Å². The second-order valence-corrected chi connectivity index (χ2v) is 8.90. The Hall–Kier alpha value is -1.40. The molecule has 5 nitrogen and oxygen atoms in total. The number of nitrogens with one attached hydrogen (secondary N) is 1. The van der Waals surface area contributed by atoms with Gasteiger partial charge in [-0.2, -0.15) is 11.8 Å². The molecule has 1 saturated heterocycles. The first kappa shape index (κ1) is 20.9. The highest BCUT2D eigenvalue weighted by molar-refractivity contribution is 7.99. The summed E-state index contributed by atoms with van der Waals surface area (Å²) in [6.07, 6.45) is 1.72. The number of alkyl carbamates (subject to hydrolysis) is 1. The van der Waals surface area contributed by atoms with Crippen molar-refractivity contribution in [2.24, 2.45) is 5.92 Å². The first-order valence-corrected chi connectivity index (χ1v) is 10.4. The maximum atomic E-state index is 11.6. The van der Waals surface area contributed by atoms with Crippen molar-refractivity contribution in [1.82, 2.24) is 5.32 Å². The Labute approximate surface area is 160 Å². The molecule has 6 heteroatoms. The predicted octanol–water partition coefficient (Wildman–Crippen LogP) is 4.16. The number of ether oxygens (including phenoxy) is 2. The Kier molecular flexibility index (Phi) is 8.10. The van der Waals surface area contributed by atoms with Gasteiger partial charge < -0.3 is 19.9 Å². The van der Waals surface area contributed by atoms with Crippen LogP contribution in [0.2, 0.25) is 0 Å². The first-order chi connectivity index (χ1) is 12.3. The van der Waals surface area contributed by atoms with Crippen LogP contribution in [0.15, 0.2) is 24.3 Å². The van der Waals surface area contributed by atoms with E-state index in [4.69, 9.17) is 9.47 Å². The third-order valence-electron chi connectivity index (χ3n) is 4.16. The number of aliphatic hydroxyl groups excluding tert-OH is 1. The molecule has 2 N–H and O–H groups in total. The Morgan fingerprint density at radius 2 is 2.08 bits per heavy atom. The van der Waals surface area contributed by atoms with Crippen molar-refractivity contribution in [3.63, 3.8) is 0 Å². The molecule has 0 aromatic heterocycles. The van der Waals surface area contributed by atoms with Gasteiger partial charge in [-0.25, -0.2) is 4.79 Å². The van der Waals surface area contributed by atoms with Gasteiger partial charge in [0.05, 0.1) is 12.7 Å². The van der Waals surface area contributed by atoms with Crippen LogP contribution in [0.25, 0.3) is 0 Å². The Balaban J connectivity index is 1.76. The van der Waals surface area contributed by atoms with Gasteiger partial charge in [-0.1, -0.05) is 12.1 Å². The van der Waals surface area contributed by atoms with Crippen molar-refractivity contribution in [2.45, 2.75) is 51.7 Å². The summed E-state index contributed by atoms with van der Waals surface area (Å²) in [6, 6.07) is 7.58. The molecule has 1 aliphatic rings. The Bertz CT molecular complexity index is 567. The molecule has 1 aromatic rings. The van der Waals surface area contributed by atoms with E-state index in [0.29, 0.717) is 18.9 Å². The second kappa shape index (κ2) is 10.1. The van der Waals surface area contributed by atoms with Crippen molar-refractivity contribution in [3.05, 3.63) is 29.8 Å². The molecule has 0 bridgehead atoms. The van der Waals surface area contributed by atoms with E-state index in [1.807, 2.05) is 56.8 Å². The fourth-order valence-corrected chi connectivity index (χ4v) is 3.93. The highest BCUT2D eigenvalue weighted by Gasteiger charge is 2.17. The van der Waals surface area contributed by atoms with Crippen LogP contribution in [0.3, 0.4) is 0 Å². The first-order valence-electron chi connectivity index (χ1n) is 9.29. The summed E-state index contributed by atoms with van der Waals surface area (Å²) in [5.74, 6) is 3.86. The molecule has 0 aliphatic carbocycles. The summed E-state index contributed by atoms with van der Waals surface area (Å²) in [7, 11) is 0. The van der Waals surface area contributed by atoms with Crippen molar-refractivity contribution in [2.75, 3.05) is 24.7 Å². The SMILES string of the molecule is CC(C)(C)OC(=O)NCC[C@@H](O)c1cccc(OCC2CCSCC2)c1. The fourth-order valence-electron chi connectivity index (χ4n) is 2.73. The van der Waals surface area contributed by atoms with E-state index in [1.54, 1.807) is 0 Å². The molecule has 0 unspecified atom stereocenters. The molecule has 0 spiro atoms. The van der Waals surface area contributed by atoms with Gasteiger partial charge in [0.15, 0.2) is 0 Å². The molecule has 1 aliphatic heterocycles. The maximum Gasteiger partial charge on any atom is 0.407 e. The van der Waals surface area contributed by atoms with Gasteiger partial charge in [0, 0.05) is 6.54 Å². The number of carbonyl (C=O) groups excluding carboxylic acids is 1. The van der Waals surface area contributed by atoms with E-state index in [-0.39, 0.29) is 0 Å². The van der Waals surface area contributed by atoms with Crippen LogP contribution in [0.1, 0.15) is 51.7 Å². The molecule has 1 heterocycles. The van der Waals surface area contributed by atoms with E-state index in [2.05, 4.69) is 5.32 Å². The molecule has 1 fully saturated rings. The Morgan fingerprint density at radius 3 is 2.77 bits per heavy atom. The molecule has 26 heavy (non-hydrogen) atoms. The van der Waals surface area contributed by atoms with Gasteiger partial charge >= 0.3 is 6.09 Å². The zero-order valence-electron chi connectivity index (χ0n) is 16.0. The number of amides is 1. The van der Waals surface area contributed by atoms with Gasteiger partial charge in [-0.05, 0) is 75.2 Å². The molecule has 1 amide bonds. The van der Waals surface area contributed by atoms with Crippen LogP contribution in [0, 0.1) is 5.92 Å². The van der Waals surface area contributed by atoms with Gasteiger partial charge in [-0.3, -0.25) is 0 Å². The molecule has 0 radical (unpaired) electrons. The average Bonchev–Trinajstić information content (AvgIpc) is 2.59. The van der Waals surface area contributed by atoms with E-state index >= 15 is 0 Å². The maximum absolute atomic E-state index is 11.6. The van der Waals surface area contributed by atoms with Gasteiger partial charge in [0.25, 0.3) is 0 Å². The summed E-state index contributed by atoms with van der Waals surface area (Å²) < 4.78 is 11.1. The molecule has 0 saturated carbocycles. The minimum atomic E-state index is -0.653. The lowest BCUT2D eigenvalue weighted by atomic mass is 10.0. The van der Waals surface area contributed by atoms with Crippen molar-refractivity contribution < 1.29 is 19.4 Å². The standard InChI is InChI=1S/C20H31NO4S/c1-20(2,3)25-19(23)21-10-7-18(22)16-5-4-6-17(13-16)24-14-15-8-11-26-12-9-15/h4-6,13,15,18,22H,7-12,14H2,1-3H3,(H,21,23)/t18-/m1/s1. The molecule has 1 atom stereocenters. The van der Waals surface area contributed by atoms with Crippen LogP contribution in [0.5, 0.6) is 5.75 Å². The topological polar surface area (TPSA) is 67.8 Å². The van der Waals surface area contributed by atoms with Crippen LogP contribution >= 0.6 is 11.8 Å². The number of aliphatic hydroxyl groups is 1. The molecular formula is C20H31NO4S. The van der Waals surface area contributed by atoms with Crippen molar-refractivity contribution in [1.29, 1.82) is 0 Å². The molecular weight excluding hydrogens is 350 g/mol. The van der Waals surface area contributed by atoms with Crippen LogP contribution in [-0.4, -0.2) is 41.5 Å². The summed E-state index contributed by atoms with van der Waals surface area (Å²) in [5, 5.41) is 13.0. The number of carbonyl (C=O) groups is 1. The summed E-state index contributed by atoms with van der Waals surface area (Å²) in [4.78, 5) is 11.6. The summed E-state index contributed by atoms with van der Waals surface area (Å²) in [5.41, 5.74) is 0.276. The lowest BCUT2D eigenvalue weighted by Gasteiger charge is -2.22. The van der Waals surface area contributed by atoms with Gasteiger partial charge in [-0.15, -0.1) is 0 Å². The largest absolute Gasteiger partial charge is 0.493 e. The highest BCUT2D eigenvalue weighted by Crippen LogP contribution is 2.25. The predicted molar refractivity (Wildman–Crippen MR) is 106 cm³/mol. The quantitative estimate of drug-likeness (QED) is 0.742. The van der Waals surface area contributed by atoms with Crippen LogP contribution in [0.4, 0.5) is 4.79 Å². The number of benzene rings is 1. The van der Waals surface area contributed by atoms with E-state index in [9.17, 15) is 9.90 Å². The van der Waals surface area contributed by atoms with E-state index in [0.717, 1.165) is 17.9 Å². The zero-order valence-corrected chi connectivity index (χ0v) is 16.8. The number of hydrogen-bond donors (Lipinski definition) is 2. The van der Waals surface area contributed by atoms with E-state index < -0.39 is 17.8 Å². The molecule has 146 valence electrons. The lowest BCUT2D eigenvalue weighted by molar-refractivity contribution is 0.0518. The van der Waals surface area contributed by atoms with Crippen molar-refractivity contribution >= 4 is 17.9 Å². The zero-order chi connectivity index (χ0) is 19.0. The smallest absolute Gasteiger partial charge is 0.407 e.